The summed E-state index contributed by atoms with van der Waals surface area (Å²) in [6, 6.07) is 64.9. The van der Waals surface area contributed by atoms with Crippen molar-refractivity contribution in [3.05, 3.63) is 230 Å². The summed E-state index contributed by atoms with van der Waals surface area (Å²) in [7, 11) is 0. The van der Waals surface area contributed by atoms with E-state index in [0.29, 0.717) is 22.3 Å². The molecule has 0 saturated heterocycles. The van der Waals surface area contributed by atoms with E-state index in [-0.39, 0.29) is 23.0 Å². The van der Waals surface area contributed by atoms with E-state index < -0.39 is 30.2 Å². The van der Waals surface area contributed by atoms with Crippen molar-refractivity contribution in [2.45, 2.75) is 0 Å². The molecule has 5 nitrogen and oxygen atoms in total. The molecule has 0 bridgehead atoms. The van der Waals surface area contributed by atoms with Crippen LogP contribution >= 0.6 is 0 Å². The summed E-state index contributed by atoms with van der Waals surface area (Å²) >= 11 is 0. The monoisotopic (exact) mass is 799 g/mol. The average molecular weight is 800 g/mol. The van der Waals surface area contributed by atoms with Gasteiger partial charge in [0.05, 0.1) is 23.5 Å². The molecular formula is C57H38N4O. The SMILES string of the molecule is [2H]c1c([2H])c([2H])c(-c2nc(-c3cccc(-c4ccccc4)c3)nc(-c3ccc(N(c4ccc(-c5ccccc5)cc4)c4ccc(-c5ccccc5)cc4)c4c3oc3ccccc34)n2)c([2H])c1[2H]. The van der Waals surface area contributed by atoms with Crippen LogP contribution in [0.1, 0.15) is 6.85 Å². The molecule has 2 aromatic heterocycles. The Morgan fingerprint density at radius 1 is 0.387 bits per heavy atom. The Morgan fingerprint density at radius 2 is 0.871 bits per heavy atom. The van der Waals surface area contributed by atoms with Crippen LogP contribution in [0.25, 0.3) is 89.5 Å². The van der Waals surface area contributed by atoms with Gasteiger partial charge < -0.3 is 9.32 Å². The van der Waals surface area contributed by atoms with Crippen molar-refractivity contribution in [1.82, 2.24) is 15.0 Å². The zero-order valence-electron chi connectivity index (χ0n) is 38.2. The van der Waals surface area contributed by atoms with Gasteiger partial charge in [-0.25, -0.2) is 15.0 Å². The highest BCUT2D eigenvalue weighted by Gasteiger charge is 2.24. The van der Waals surface area contributed by atoms with E-state index in [2.05, 4.69) is 77.7 Å². The van der Waals surface area contributed by atoms with Crippen LogP contribution in [0, 0.1) is 0 Å². The normalized spacial score (nSPS) is 12.4. The largest absolute Gasteiger partial charge is 0.455 e. The third-order valence-corrected chi connectivity index (χ3v) is 11.0. The molecule has 9 aromatic carbocycles. The molecular weight excluding hydrogens is 757 g/mol. The molecule has 62 heavy (non-hydrogen) atoms. The highest BCUT2D eigenvalue weighted by atomic mass is 16.3. The maximum Gasteiger partial charge on any atom is 0.167 e. The Bertz CT molecular complexity index is 3510. The predicted molar refractivity (Wildman–Crippen MR) is 254 cm³/mol. The van der Waals surface area contributed by atoms with Crippen LogP contribution in [0.4, 0.5) is 17.1 Å². The van der Waals surface area contributed by atoms with E-state index in [1.54, 1.807) is 0 Å². The average Bonchev–Trinajstić information content (AvgIpc) is 3.79. The summed E-state index contributed by atoms with van der Waals surface area (Å²) in [6.45, 7) is 0. The molecule has 292 valence electrons. The molecule has 0 aliphatic heterocycles. The molecule has 11 rings (SSSR count). The summed E-state index contributed by atoms with van der Waals surface area (Å²) in [5.74, 6) is 0.407. The van der Waals surface area contributed by atoms with Crippen molar-refractivity contribution in [3.8, 4) is 67.5 Å². The van der Waals surface area contributed by atoms with Gasteiger partial charge in [0.15, 0.2) is 17.5 Å². The Hall–Kier alpha value is -8.41. The summed E-state index contributed by atoms with van der Waals surface area (Å²) in [5.41, 5.74) is 11.3. The summed E-state index contributed by atoms with van der Waals surface area (Å²) in [4.78, 5) is 17.1. The van der Waals surface area contributed by atoms with Gasteiger partial charge in [-0.3, -0.25) is 0 Å². The van der Waals surface area contributed by atoms with E-state index in [1.165, 1.54) is 0 Å². The van der Waals surface area contributed by atoms with Crippen LogP contribution in [-0.4, -0.2) is 15.0 Å². The summed E-state index contributed by atoms with van der Waals surface area (Å²) in [6.07, 6.45) is 0. The molecule has 2 heterocycles. The van der Waals surface area contributed by atoms with Crippen molar-refractivity contribution in [2.75, 3.05) is 4.90 Å². The minimum Gasteiger partial charge on any atom is -0.455 e. The van der Waals surface area contributed by atoms with Crippen LogP contribution in [0.2, 0.25) is 0 Å². The van der Waals surface area contributed by atoms with Crippen molar-refractivity contribution >= 4 is 39.0 Å². The number of nitrogens with zero attached hydrogens (tertiary/aromatic N) is 4. The lowest BCUT2D eigenvalue weighted by Crippen LogP contribution is -2.10. The van der Waals surface area contributed by atoms with Crippen molar-refractivity contribution in [2.24, 2.45) is 0 Å². The Kier molecular flexibility index (Phi) is 8.12. The summed E-state index contributed by atoms with van der Waals surface area (Å²) < 4.78 is 50.1. The standard InChI is InChI=1S/C57H38N4O/c1-5-16-39(17-6-1)42-28-32-47(33-29-42)61(48-34-30-43(31-35-48)40-18-7-2-8-19-40)51-37-36-50(54-53(51)49-26-13-14-27-52(49)62-54)57-59-55(44-22-11-4-12-23-44)58-56(60-57)46-25-15-24-45(38-46)41-20-9-3-10-21-41/h1-38H/i4D,11D,12D,22D,23D. The second-order valence-electron chi connectivity index (χ2n) is 14.8. The quantitative estimate of drug-likeness (QED) is 0.146. The van der Waals surface area contributed by atoms with Crippen LogP contribution in [0.5, 0.6) is 0 Å². The first kappa shape index (κ1) is 31.5. The lowest BCUT2D eigenvalue weighted by atomic mass is 10.0. The first-order valence-corrected chi connectivity index (χ1v) is 20.4. The molecule has 5 heteroatoms. The molecule has 0 radical (unpaired) electrons. The van der Waals surface area contributed by atoms with E-state index >= 15 is 0 Å². The zero-order chi connectivity index (χ0) is 45.6. The maximum atomic E-state index is 8.94. The van der Waals surface area contributed by atoms with E-state index in [0.717, 1.165) is 61.2 Å². The third-order valence-electron chi connectivity index (χ3n) is 11.0. The van der Waals surface area contributed by atoms with Gasteiger partial charge in [-0.05, 0) is 81.9 Å². The number of hydrogen-bond donors (Lipinski definition) is 0. The van der Waals surface area contributed by atoms with Crippen molar-refractivity contribution in [1.29, 1.82) is 0 Å². The molecule has 0 saturated carbocycles. The number of benzene rings is 9. The maximum absolute atomic E-state index is 8.94. The topological polar surface area (TPSA) is 55.1 Å². The highest BCUT2D eigenvalue weighted by Crippen LogP contribution is 2.46. The number of aromatic nitrogens is 3. The summed E-state index contributed by atoms with van der Waals surface area (Å²) in [5, 5.41) is 1.68. The van der Waals surface area contributed by atoms with E-state index in [1.807, 2.05) is 127 Å². The van der Waals surface area contributed by atoms with Gasteiger partial charge in [0.25, 0.3) is 0 Å². The van der Waals surface area contributed by atoms with Gasteiger partial charge >= 0.3 is 0 Å². The fraction of sp³-hybridized carbons (Fsp3) is 0. The van der Waals surface area contributed by atoms with Crippen LogP contribution < -0.4 is 4.90 Å². The molecule has 0 amide bonds. The fourth-order valence-electron chi connectivity index (χ4n) is 8.04. The Balaban J connectivity index is 1.14. The third kappa shape index (κ3) is 6.97. The van der Waals surface area contributed by atoms with Gasteiger partial charge in [-0.2, -0.15) is 0 Å². The van der Waals surface area contributed by atoms with E-state index in [9.17, 15) is 0 Å². The second kappa shape index (κ2) is 16.0. The highest BCUT2D eigenvalue weighted by molar-refractivity contribution is 6.16. The number of para-hydroxylation sites is 1. The number of fused-ring (bicyclic) bond motifs is 3. The molecule has 0 aliphatic rings. The van der Waals surface area contributed by atoms with Crippen molar-refractivity contribution in [3.63, 3.8) is 0 Å². The smallest absolute Gasteiger partial charge is 0.167 e. The van der Waals surface area contributed by atoms with Crippen molar-refractivity contribution < 1.29 is 11.3 Å². The molecule has 11 aromatic rings. The van der Waals surface area contributed by atoms with Crippen LogP contribution in [0.3, 0.4) is 0 Å². The van der Waals surface area contributed by atoms with Gasteiger partial charge in [0.1, 0.15) is 11.2 Å². The molecule has 0 atom stereocenters. The molecule has 0 fully saturated rings. The number of furan rings is 1. The first-order valence-electron chi connectivity index (χ1n) is 22.9. The number of rotatable bonds is 9. The lowest BCUT2D eigenvalue weighted by molar-refractivity contribution is 0.669. The van der Waals surface area contributed by atoms with Crippen LogP contribution in [0.15, 0.2) is 235 Å². The predicted octanol–water partition coefficient (Wildman–Crippen LogP) is 15.2. The zero-order valence-corrected chi connectivity index (χ0v) is 33.2. The molecule has 0 unspecified atom stereocenters. The minimum absolute atomic E-state index is 0.0610. The van der Waals surface area contributed by atoms with Gasteiger partial charge in [-0.1, -0.05) is 182 Å². The second-order valence-corrected chi connectivity index (χ2v) is 14.8. The number of hydrogen-bond acceptors (Lipinski definition) is 5. The van der Waals surface area contributed by atoms with E-state index in [4.69, 9.17) is 26.2 Å². The molecule has 0 aliphatic carbocycles. The molecule has 0 spiro atoms. The lowest BCUT2D eigenvalue weighted by Gasteiger charge is -2.27. The van der Waals surface area contributed by atoms with Gasteiger partial charge in [-0.15, -0.1) is 0 Å². The first-order chi connectivity index (χ1) is 32.8. The Labute approximate surface area is 366 Å². The van der Waals surface area contributed by atoms with Crippen LogP contribution in [-0.2, 0) is 0 Å². The molecule has 0 N–H and O–H groups in total. The number of anilines is 3. The Morgan fingerprint density at radius 3 is 1.48 bits per heavy atom. The van der Waals surface area contributed by atoms with Gasteiger partial charge in [0.2, 0.25) is 0 Å². The fourth-order valence-corrected chi connectivity index (χ4v) is 8.04. The van der Waals surface area contributed by atoms with Gasteiger partial charge in [0, 0.05) is 27.9 Å². The minimum atomic E-state index is -0.502.